The van der Waals surface area contributed by atoms with Crippen molar-refractivity contribution in [3.8, 4) is 0 Å². The van der Waals surface area contributed by atoms with Gasteiger partial charge in [0.1, 0.15) is 0 Å². The van der Waals surface area contributed by atoms with E-state index in [9.17, 15) is 13.2 Å². The van der Waals surface area contributed by atoms with Crippen LogP contribution in [0.25, 0.3) is 0 Å². The third-order valence-electron chi connectivity index (χ3n) is 3.74. The summed E-state index contributed by atoms with van der Waals surface area (Å²) in [6.45, 7) is 5.14. The molecule has 1 fully saturated rings. The van der Waals surface area contributed by atoms with Crippen LogP contribution in [0.2, 0.25) is 0 Å². The predicted octanol–water partition coefficient (Wildman–Crippen LogP) is 4.57. The SMILES string of the molecule is CCCNCc1sc(C2CCC(C)C2)nc1C(F)(F)F. The van der Waals surface area contributed by atoms with Gasteiger partial charge in [0.15, 0.2) is 5.69 Å². The van der Waals surface area contributed by atoms with Crippen molar-refractivity contribution in [1.82, 2.24) is 10.3 Å². The summed E-state index contributed by atoms with van der Waals surface area (Å²) in [7, 11) is 0. The van der Waals surface area contributed by atoms with E-state index in [1.54, 1.807) is 0 Å². The molecule has 114 valence electrons. The molecule has 6 heteroatoms. The van der Waals surface area contributed by atoms with Crippen LogP contribution in [0.5, 0.6) is 0 Å². The predicted molar refractivity (Wildman–Crippen MR) is 74.9 cm³/mol. The number of thiazole rings is 1. The highest BCUT2D eigenvalue weighted by molar-refractivity contribution is 7.11. The van der Waals surface area contributed by atoms with Gasteiger partial charge in [-0.15, -0.1) is 11.3 Å². The first kappa shape index (κ1) is 15.8. The molecule has 1 aliphatic carbocycles. The molecule has 20 heavy (non-hydrogen) atoms. The van der Waals surface area contributed by atoms with Gasteiger partial charge in [-0.25, -0.2) is 4.98 Å². The summed E-state index contributed by atoms with van der Waals surface area (Å²) in [6.07, 6.45) is -0.412. The Balaban J connectivity index is 2.18. The second-order valence-electron chi connectivity index (χ2n) is 5.61. The Bertz CT molecular complexity index is 442. The minimum atomic E-state index is -4.35. The molecule has 0 aliphatic heterocycles. The molecule has 0 radical (unpaired) electrons. The van der Waals surface area contributed by atoms with E-state index in [0.717, 1.165) is 32.2 Å². The van der Waals surface area contributed by atoms with E-state index >= 15 is 0 Å². The molecule has 0 saturated heterocycles. The average molecular weight is 306 g/mol. The maximum absolute atomic E-state index is 13.1. The van der Waals surface area contributed by atoms with Crippen LogP contribution in [0, 0.1) is 5.92 Å². The highest BCUT2D eigenvalue weighted by Crippen LogP contribution is 2.42. The minimum absolute atomic E-state index is 0.219. The zero-order valence-corrected chi connectivity index (χ0v) is 12.7. The Labute approximate surface area is 121 Å². The lowest BCUT2D eigenvalue weighted by Gasteiger charge is -2.06. The summed E-state index contributed by atoms with van der Waals surface area (Å²) in [5, 5.41) is 3.72. The summed E-state index contributed by atoms with van der Waals surface area (Å²) in [5.74, 6) is 0.816. The Morgan fingerprint density at radius 3 is 2.65 bits per heavy atom. The van der Waals surface area contributed by atoms with Gasteiger partial charge >= 0.3 is 6.18 Å². The summed E-state index contributed by atoms with van der Waals surface area (Å²) < 4.78 is 39.2. The van der Waals surface area contributed by atoms with E-state index in [-0.39, 0.29) is 12.5 Å². The quantitative estimate of drug-likeness (QED) is 0.806. The molecule has 1 N–H and O–H groups in total. The van der Waals surface area contributed by atoms with Crippen molar-refractivity contribution >= 4 is 11.3 Å². The molecular weight excluding hydrogens is 285 g/mol. The van der Waals surface area contributed by atoms with Gasteiger partial charge in [0.2, 0.25) is 0 Å². The minimum Gasteiger partial charge on any atom is -0.312 e. The van der Waals surface area contributed by atoms with E-state index < -0.39 is 11.9 Å². The van der Waals surface area contributed by atoms with Gasteiger partial charge < -0.3 is 5.32 Å². The second-order valence-corrected chi connectivity index (χ2v) is 6.73. The standard InChI is InChI=1S/C14H21F3N2S/c1-3-6-18-8-11-12(14(15,16)17)19-13(20-11)10-5-4-9(2)7-10/h9-10,18H,3-8H2,1-2H3. The van der Waals surface area contributed by atoms with Crippen LogP contribution in [0.4, 0.5) is 13.2 Å². The maximum atomic E-state index is 13.1. The number of nitrogens with zero attached hydrogens (tertiary/aromatic N) is 1. The molecule has 2 rings (SSSR count). The summed E-state index contributed by atoms with van der Waals surface area (Å²) in [6, 6.07) is 0. The molecule has 2 atom stereocenters. The molecular formula is C14H21F3N2S. The van der Waals surface area contributed by atoms with E-state index in [0.29, 0.717) is 15.8 Å². The third-order valence-corrected chi connectivity index (χ3v) is 4.96. The first-order valence-electron chi connectivity index (χ1n) is 7.19. The van der Waals surface area contributed by atoms with E-state index in [1.807, 2.05) is 6.92 Å². The normalized spacial score (nSPS) is 23.4. The first-order chi connectivity index (χ1) is 9.41. The Kier molecular flexibility index (Phi) is 5.07. The third kappa shape index (κ3) is 3.73. The van der Waals surface area contributed by atoms with Crippen LogP contribution in [-0.2, 0) is 12.7 Å². The lowest BCUT2D eigenvalue weighted by Crippen LogP contribution is -2.17. The monoisotopic (exact) mass is 306 g/mol. The van der Waals surface area contributed by atoms with Crippen LogP contribution < -0.4 is 5.32 Å². The van der Waals surface area contributed by atoms with E-state index in [2.05, 4.69) is 17.2 Å². The topological polar surface area (TPSA) is 24.9 Å². The van der Waals surface area contributed by atoms with Gasteiger partial charge in [0.05, 0.1) is 9.88 Å². The Morgan fingerprint density at radius 2 is 2.10 bits per heavy atom. The summed E-state index contributed by atoms with van der Waals surface area (Å²) in [4.78, 5) is 4.26. The number of alkyl halides is 3. The van der Waals surface area contributed by atoms with Gasteiger partial charge in [0.25, 0.3) is 0 Å². The summed E-state index contributed by atoms with van der Waals surface area (Å²) in [5.41, 5.74) is -0.680. The summed E-state index contributed by atoms with van der Waals surface area (Å²) >= 11 is 1.24. The number of hydrogen-bond donors (Lipinski definition) is 1. The lowest BCUT2D eigenvalue weighted by atomic mass is 10.1. The molecule has 0 bridgehead atoms. The van der Waals surface area contributed by atoms with Gasteiger partial charge in [-0.05, 0) is 31.7 Å². The van der Waals surface area contributed by atoms with Gasteiger partial charge in [-0.3, -0.25) is 0 Å². The van der Waals surface area contributed by atoms with Crippen LogP contribution in [0.15, 0.2) is 0 Å². The average Bonchev–Trinajstić information content (AvgIpc) is 2.95. The van der Waals surface area contributed by atoms with Crippen LogP contribution in [-0.4, -0.2) is 11.5 Å². The first-order valence-corrected chi connectivity index (χ1v) is 8.01. The van der Waals surface area contributed by atoms with Crippen LogP contribution in [0.3, 0.4) is 0 Å². The Morgan fingerprint density at radius 1 is 1.35 bits per heavy atom. The maximum Gasteiger partial charge on any atom is 0.434 e. The van der Waals surface area contributed by atoms with Gasteiger partial charge in [0, 0.05) is 12.5 Å². The second kappa shape index (κ2) is 6.43. The zero-order valence-electron chi connectivity index (χ0n) is 11.9. The number of nitrogens with one attached hydrogen (secondary N) is 1. The van der Waals surface area contributed by atoms with Gasteiger partial charge in [-0.2, -0.15) is 13.2 Å². The van der Waals surface area contributed by atoms with E-state index in [1.165, 1.54) is 11.3 Å². The van der Waals surface area contributed by atoms with Crippen LogP contribution >= 0.6 is 11.3 Å². The highest BCUT2D eigenvalue weighted by atomic mass is 32.1. The van der Waals surface area contributed by atoms with Crippen molar-refractivity contribution in [1.29, 1.82) is 0 Å². The van der Waals surface area contributed by atoms with E-state index in [4.69, 9.17) is 0 Å². The number of hydrogen-bond acceptors (Lipinski definition) is 3. The molecule has 1 aromatic rings. The van der Waals surface area contributed by atoms with Crippen LogP contribution in [0.1, 0.15) is 61.0 Å². The lowest BCUT2D eigenvalue weighted by molar-refractivity contribution is -0.141. The van der Waals surface area contributed by atoms with Crippen molar-refractivity contribution in [2.75, 3.05) is 6.54 Å². The molecule has 1 heterocycles. The fraction of sp³-hybridized carbons (Fsp3) is 0.786. The smallest absolute Gasteiger partial charge is 0.312 e. The molecule has 2 nitrogen and oxygen atoms in total. The van der Waals surface area contributed by atoms with Crippen molar-refractivity contribution < 1.29 is 13.2 Å². The Hall–Kier alpha value is -0.620. The van der Waals surface area contributed by atoms with Gasteiger partial charge in [-0.1, -0.05) is 20.3 Å². The molecule has 0 aromatic carbocycles. The number of halogens is 3. The highest BCUT2D eigenvalue weighted by Gasteiger charge is 2.38. The molecule has 1 aromatic heterocycles. The fourth-order valence-corrected chi connectivity index (χ4v) is 3.90. The van der Waals surface area contributed by atoms with Crippen molar-refractivity contribution in [3.63, 3.8) is 0 Å². The van der Waals surface area contributed by atoms with Crippen molar-refractivity contribution in [2.24, 2.45) is 5.92 Å². The van der Waals surface area contributed by atoms with Crippen molar-refractivity contribution in [2.45, 2.75) is 58.2 Å². The molecule has 2 unspecified atom stereocenters. The largest absolute Gasteiger partial charge is 0.434 e. The fourth-order valence-electron chi connectivity index (χ4n) is 2.70. The van der Waals surface area contributed by atoms with Crippen molar-refractivity contribution in [3.05, 3.63) is 15.6 Å². The molecule has 1 aliphatic rings. The molecule has 1 saturated carbocycles. The number of rotatable bonds is 5. The number of aromatic nitrogens is 1. The molecule has 0 spiro atoms. The zero-order chi connectivity index (χ0) is 14.8. The molecule has 0 amide bonds.